The summed E-state index contributed by atoms with van der Waals surface area (Å²) in [5, 5.41) is 9.11. The van der Waals surface area contributed by atoms with Crippen molar-refractivity contribution < 1.29 is 13.5 Å². The van der Waals surface area contributed by atoms with Gasteiger partial charge in [-0.05, 0) is 37.1 Å². The molecule has 30 heavy (non-hydrogen) atoms. The highest BCUT2D eigenvalue weighted by Gasteiger charge is 2.37. The van der Waals surface area contributed by atoms with Crippen molar-refractivity contribution in [1.29, 1.82) is 0 Å². The van der Waals surface area contributed by atoms with Crippen LogP contribution in [-0.4, -0.2) is 33.7 Å². The van der Waals surface area contributed by atoms with Crippen LogP contribution in [-0.2, 0) is 11.3 Å². The number of rotatable bonds is 3. The molecular formula is C21H16Cl2F2N4O. The fraction of sp³-hybridized carbons (Fsp3) is 0.286. The number of halogens is 4. The van der Waals surface area contributed by atoms with Gasteiger partial charge in [-0.2, -0.15) is 0 Å². The molecule has 0 unspecified atom stereocenters. The Morgan fingerprint density at radius 2 is 1.77 bits per heavy atom. The van der Waals surface area contributed by atoms with Gasteiger partial charge in [0.25, 0.3) is 0 Å². The third-order valence-corrected chi connectivity index (χ3v) is 6.48. The predicted octanol–water partition coefficient (Wildman–Crippen LogP) is 5.10. The Morgan fingerprint density at radius 3 is 2.47 bits per heavy atom. The van der Waals surface area contributed by atoms with Gasteiger partial charge in [-0.3, -0.25) is 9.56 Å². The number of benzene rings is 2. The van der Waals surface area contributed by atoms with Gasteiger partial charge >= 0.3 is 0 Å². The third kappa shape index (κ3) is 2.95. The number of hydrogen-bond donors (Lipinski definition) is 0. The van der Waals surface area contributed by atoms with E-state index in [1.807, 2.05) is 4.57 Å². The van der Waals surface area contributed by atoms with Crippen LogP contribution in [0.2, 0.25) is 10.0 Å². The standard InChI is InChI=1S/C21H16Cl2F2N4O/c1-30-11-7-10(8-11)21-28-27-16-9-26-20(17-13(24)3-2-4-14(17)25)18-15(29(16)21)6-5-12(22)19(18)23/h2-6,10-11H,7-9H2,1H3/t10-,11-. The zero-order valence-corrected chi connectivity index (χ0v) is 17.4. The maximum atomic E-state index is 14.7. The molecule has 2 aliphatic rings. The SMILES string of the molecule is CO[C@H]1C[C@H](c2nnc3n2-c2ccc(Cl)c(Cl)c2C(c2c(F)cccc2F)=NC3)C1. The van der Waals surface area contributed by atoms with Crippen LogP contribution in [0.25, 0.3) is 5.69 Å². The van der Waals surface area contributed by atoms with Crippen molar-refractivity contribution in [2.45, 2.75) is 31.4 Å². The first-order valence-electron chi connectivity index (χ1n) is 9.44. The van der Waals surface area contributed by atoms with Crippen LogP contribution in [0.4, 0.5) is 8.78 Å². The summed E-state index contributed by atoms with van der Waals surface area (Å²) in [6.45, 7) is 0.0964. The number of aromatic nitrogens is 3. The van der Waals surface area contributed by atoms with E-state index in [-0.39, 0.29) is 39.9 Å². The minimum atomic E-state index is -0.726. The molecule has 1 aromatic heterocycles. The molecule has 0 bridgehead atoms. The van der Waals surface area contributed by atoms with Gasteiger partial charge in [0.15, 0.2) is 5.82 Å². The van der Waals surface area contributed by atoms with Crippen LogP contribution in [0.3, 0.4) is 0 Å². The molecule has 1 saturated carbocycles. The minimum Gasteiger partial charge on any atom is -0.381 e. The number of hydrogen-bond acceptors (Lipinski definition) is 4. The van der Waals surface area contributed by atoms with Crippen LogP contribution < -0.4 is 0 Å². The van der Waals surface area contributed by atoms with Gasteiger partial charge in [-0.1, -0.05) is 29.3 Å². The average molecular weight is 449 g/mol. The van der Waals surface area contributed by atoms with E-state index >= 15 is 0 Å². The maximum Gasteiger partial charge on any atom is 0.159 e. The van der Waals surface area contributed by atoms with Crippen LogP contribution in [0.1, 0.15) is 41.5 Å². The zero-order chi connectivity index (χ0) is 21.0. The first-order valence-corrected chi connectivity index (χ1v) is 10.2. The highest BCUT2D eigenvalue weighted by molar-refractivity contribution is 6.45. The zero-order valence-electron chi connectivity index (χ0n) is 15.9. The lowest BCUT2D eigenvalue weighted by molar-refractivity contribution is 0.0232. The molecule has 154 valence electrons. The second-order valence-electron chi connectivity index (χ2n) is 7.35. The number of fused-ring (bicyclic) bond motifs is 3. The first-order chi connectivity index (χ1) is 14.5. The van der Waals surface area contributed by atoms with E-state index in [1.165, 1.54) is 18.2 Å². The molecule has 2 aromatic carbocycles. The molecule has 3 aromatic rings. The van der Waals surface area contributed by atoms with Gasteiger partial charge in [0, 0.05) is 18.6 Å². The lowest BCUT2D eigenvalue weighted by atomic mass is 9.81. The molecular weight excluding hydrogens is 433 g/mol. The third-order valence-electron chi connectivity index (χ3n) is 5.68. The summed E-state index contributed by atoms with van der Waals surface area (Å²) in [5.74, 6) is 0.0250. The van der Waals surface area contributed by atoms with Crippen molar-refractivity contribution >= 4 is 28.9 Å². The molecule has 0 saturated heterocycles. The van der Waals surface area contributed by atoms with Crippen molar-refractivity contribution in [3.63, 3.8) is 0 Å². The maximum absolute atomic E-state index is 14.7. The molecule has 1 aliphatic heterocycles. The Hall–Kier alpha value is -2.35. The molecule has 5 rings (SSSR count). The summed E-state index contributed by atoms with van der Waals surface area (Å²) in [5.41, 5.74) is 0.814. The van der Waals surface area contributed by atoms with Crippen molar-refractivity contribution in [2.75, 3.05) is 7.11 Å². The fourth-order valence-electron chi connectivity index (χ4n) is 4.04. The van der Waals surface area contributed by atoms with Crippen LogP contribution >= 0.6 is 23.2 Å². The highest BCUT2D eigenvalue weighted by Crippen LogP contribution is 2.41. The van der Waals surface area contributed by atoms with Crippen molar-refractivity contribution in [1.82, 2.24) is 14.8 Å². The van der Waals surface area contributed by atoms with E-state index in [2.05, 4.69) is 15.2 Å². The van der Waals surface area contributed by atoms with Gasteiger partial charge in [-0.25, -0.2) is 8.78 Å². The molecule has 0 amide bonds. The van der Waals surface area contributed by atoms with Crippen molar-refractivity contribution in [3.8, 4) is 5.69 Å². The number of nitrogens with zero attached hydrogens (tertiary/aromatic N) is 4. The highest BCUT2D eigenvalue weighted by atomic mass is 35.5. The van der Waals surface area contributed by atoms with Gasteiger partial charge in [0.1, 0.15) is 24.0 Å². The summed E-state index contributed by atoms with van der Waals surface area (Å²) in [4.78, 5) is 4.49. The summed E-state index contributed by atoms with van der Waals surface area (Å²) in [7, 11) is 1.69. The van der Waals surface area contributed by atoms with Gasteiger partial charge < -0.3 is 4.74 Å². The monoisotopic (exact) mass is 448 g/mol. The normalized spacial score (nSPS) is 20.1. The second-order valence-corrected chi connectivity index (χ2v) is 8.14. The van der Waals surface area contributed by atoms with E-state index in [0.717, 1.165) is 18.7 Å². The predicted molar refractivity (Wildman–Crippen MR) is 110 cm³/mol. The van der Waals surface area contributed by atoms with Gasteiger partial charge in [0.2, 0.25) is 0 Å². The van der Waals surface area contributed by atoms with Crippen LogP contribution in [0, 0.1) is 11.6 Å². The average Bonchev–Trinajstić information content (AvgIpc) is 3.01. The van der Waals surface area contributed by atoms with Gasteiger partial charge in [0.05, 0.1) is 33.1 Å². The smallest absolute Gasteiger partial charge is 0.159 e. The molecule has 1 aliphatic carbocycles. The Kier molecular flexibility index (Phi) is 4.84. The van der Waals surface area contributed by atoms with Gasteiger partial charge in [-0.15, -0.1) is 10.2 Å². The topological polar surface area (TPSA) is 52.3 Å². The van der Waals surface area contributed by atoms with Crippen LogP contribution in [0.5, 0.6) is 0 Å². The molecule has 2 heterocycles. The van der Waals surface area contributed by atoms with E-state index < -0.39 is 11.6 Å². The Balaban J connectivity index is 1.73. The lowest BCUT2D eigenvalue weighted by Gasteiger charge is -2.33. The Morgan fingerprint density at radius 1 is 1.03 bits per heavy atom. The second kappa shape index (κ2) is 7.41. The molecule has 0 spiro atoms. The summed E-state index contributed by atoms with van der Waals surface area (Å²) in [6, 6.07) is 7.09. The van der Waals surface area contributed by atoms with Crippen molar-refractivity contribution in [2.24, 2.45) is 4.99 Å². The first kappa shape index (κ1) is 19.6. The summed E-state index contributed by atoms with van der Waals surface area (Å²) >= 11 is 12.8. The summed E-state index contributed by atoms with van der Waals surface area (Å²) in [6.07, 6.45) is 1.82. The van der Waals surface area contributed by atoms with Crippen LogP contribution in [0.15, 0.2) is 35.3 Å². The molecule has 5 nitrogen and oxygen atoms in total. The Labute approximate surface area is 181 Å². The van der Waals surface area contributed by atoms with E-state index in [9.17, 15) is 8.78 Å². The molecule has 1 fully saturated rings. The lowest BCUT2D eigenvalue weighted by Crippen LogP contribution is -2.30. The molecule has 9 heteroatoms. The quantitative estimate of drug-likeness (QED) is 0.560. The summed E-state index contributed by atoms with van der Waals surface area (Å²) < 4.78 is 36.6. The fourth-order valence-corrected chi connectivity index (χ4v) is 4.44. The van der Waals surface area contributed by atoms with E-state index in [4.69, 9.17) is 27.9 Å². The number of ether oxygens (including phenoxy) is 1. The molecule has 0 atom stereocenters. The largest absolute Gasteiger partial charge is 0.381 e. The minimum absolute atomic E-state index is 0.0964. The number of methoxy groups -OCH3 is 1. The Bertz CT molecular complexity index is 1170. The van der Waals surface area contributed by atoms with E-state index in [1.54, 1.807) is 19.2 Å². The number of aliphatic imine (C=N–C) groups is 1. The molecule has 0 N–H and O–H groups in total. The van der Waals surface area contributed by atoms with E-state index in [0.29, 0.717) is 17.1 Å². The van der Waals surface area contributed by atoms with Crippen molar-refractivity contribution in [3.05, 3.63) is 74.8 Å². The molecule has 0 radical (unpaired) electrons.